The number of amides is 1. The van der Waals surface area contributed by atoms with Gasteiger partial charge in [0.05, 0.1) is 0 Å². The van der Waals surface area contributed by atoms with Gasteiger partial charge in [0, 0.05) is 30.9 Å². The predicted octanol–water partition coefficient (Wildman–Crippen LogP) is 4.48. The van der Waals surface area contributed by atoms with E-state index in [-0.39, 0.29) is 18.3 Å². The van der Waals surface area contributed by atoms with E-state index in [1.54, 1.807) is 24.3 Å². The molecular weight excluding hydrogens is 376 g/mol. The Morgan fingerprint density at radius 2 is 1.63 bits per heavy atom. The van der Waals surface area contributed by atoms with Crippen LogP contribution >= 0.6 is 0 Å². The first kappa shape index (κ1) is 21.6. The third-order valence-corrected chi connectivity index (χ3v) is 5.17. The molecule has 0 bridgehead atoms. The molecule has 0 atom stereocenters. The van der Waals surface area contributed by atoms with E-state index in [0.717, 1.165) is 18.7 Å². The predicted molar refractivity (Wildman–Crippen MR) is 121 cm³/mol. The Morgan fingerprint density at radius 3 is 2.27 bits per heavy atom. The summed E-state index contributed by atoms with van der Waals surface area (Å²) in [6.45, 7) is 4.63. The molecule has 0 unspecified atom stereocenters. The van der Waals surface area contributed by atoms with Crippen LogP contribution in [0.2, 0.25) is 0 Å². The highest BCUT2D eigenvalue weighted by atomic mass is 16.5. The summed E-state index contributed by atoms with van der Waals surface area (Å²) in [5.74, 6) is 0.455. The van der Waals surface area contributed by atoms with Crippen LogP contribution in [0.15, 0.2) is 54.6 Å². The molecule has 1 heterocycles. The van der Waals surface area contributed by atoms with Gasteiger partial charge in [0.2, 0.25) is 0 Å². The van der Waals surface area contributed by atoms with Crippen LogP contribution in [-0.2, 0) is 4.79 Å². The van der Waals surface area contributed by atoms with E-state index in [0.29, 0.717) is 17.9 Å². The Bertz CT molecular complexity index is 849. The molecule has 1 saturated heterocycles. The lowest BCUT2D eigenvalue weighted by molar-refractivity contribution is -0.122. The van der Waals surface area contributed by atoms with Gasteiger partial charge >= 0.3 is 0 Å². The summed E-state index contributed by atoms with van der Waals surface area (Å²) in [4.78, 5) is 26.3. The number of benzene rings is 2. The Balaban J connectivity index is 1.54. The molecule has 158 valence electrons. The van der Waals surface area contributed by atoms with E-state index in [2.05, 4.69) is 10.2 Å². The molecule has 1 aliphatic rings. The SMILES string of the molecule is CCNC(=O)COc1ccc(/C=C/C(=O)c2ccc(N3CCCCCC3)cc2)cc1. The van der Waals surface area contributed by atoms with E-state index in [1.165, 1.54) is 31.4 Å². The average molecular weight is 407 g/mol. The van der Waals surface area contributed by atoms with Crippen molar-refractivity contribution >= 4 is 23.5 Å². The number of nitrogens with zero attached hydrogens (tertiary/aromatic N) is 1. The monoisotopic (exact) mass is 406 g/mol. The van der Waals surface area contributed by atoms with Crippen molar-refractivity contribution in [1.82, 2.24) is 5.32 Å². The number of carbonyl (C=O) groups excluding carboxylic acids is 2. The van der Waals surface area contributed by atoms with Crippen molar-refractivity contribution in [3.8, 4) is 5.75 Å². The zero-order valence-corrected chi connectivity index (χ0v) is 17.6. The number of hydrogen-bond acceptors (Lipinski definition) is 4. The zero-order valence-electron chi connectivity index (χ0n) is 17.6. The van der Waals surface area contributed by atoms with Gasteiger partial charge < -0.3 is 15.0 Å². The van der Waals surface area contributed by atoms with Gasteiger partial charge in [0.15, 0.2) is 12.4 Å². The Kier molecular flexibility index (Phi) is 8.07. The number of ketones is 1. The van der Waals surface area contributed by atoms with Gasteiger partial charge in [-0.3, -0.25) is 9.59 Å². The third-order valence-electron chi connectivity index (χ3n) is 5.17. The van der Waals surface area contributed by atoms with Crippen molar-refractivity contribution < 1.29 is 14.3 Å². The summed E-state index contributed by atoms with van der Waals surface area (Å²) in [5.41, 5.74) is 2.78. The minimum absolute atomic E-state index is 0.00502. The minimum atomic E-state index is -0.145. The maximum absolute atomic E-state index is 12.5. The maximum Gasteiger partial charge on any atom is 0.257 e. The van der Waals surface area contributed by atoms with Gasteiger partial charge in [0.1, 0.15) is 5.75 Å². The number of hydrogen-bond donors (Lipinski definition) is 1. The number of rotatable bonds is 8. The summed E-state index contributed by atoms with van der Waals surface area (Å²) in [6, 6.07) is 15.2. The van der Waals surface area contributed by atoms with Crippen LogP contribution in [0.5, 0.6) is 5.75 Å². The molecule has 0 aromatic heterocycles. The van der Waals surface area contributed by atoms with Crippen molar-refractivity contribution in [3.05, 3.63) is 65.7 Å². The fourth-order valence-electron chi connectivity index (χ4n) is 3.51. The topological polar surface area (TPSA) is 58.6 Å². The van der Waals surface area contributed by atoms with Gasteiger partial charge in [0.25, 0.3) is 5.91 Å². The molecule has 0 saturated carbocycles. The molecule has 1 amide bonds. The normalized spacial score (nSPS) is 14.4. The van der Waals surface area contributed by atoms with E-state index < -0.39 is 0 Å². The van der Waals surface area contributed by atoms with Crippen LogP contribution in [0, 0.1) is 0 Å². The fourth-order valence-corrected chi connectivity index (χ4v) is 3.51. The Morgan fingerprint density at radius 1 is 0.967 bits per heavy atom. The molecule has 5 nitrogen and oxygen atoms in total. The lowest BCUT2D eigenvalue weighted by Crippen LogP contribution is -2.28. The first-order valence-electron chi connectivity index (χ1n) is 10.7. The first-order chi connectivity index (χ1) is 14.7. The van der Waals surface area contributed by atoms with Crippen LogP contribution in [0.3, 0.4) is 0 Å². The highest BCUT2D eigenvalue weighted by Gasteiger charge is 2.10. The van der Waals surface area contributed by atoms with Gasteiger partial charge in [-0.2, -0.15) is 0 Å². The molecule has 0 aliphatic carbocycles. The van der Waals surface area contributed by atoms with Crippen LogP contribution in [0.25, 0.3) is 6.08 Å². The summed E-state index contributed by atoms with van der Waals surface area (Å²) in [5, 5.41) is 2.68. The molecular formula is C25H30N2O3. The van der Waals surface area contributed by atoms with E-state index in [4.69, 9.17) is 4.74 Å². The Hall–Kier alpha value is -3.08. The van der Waals surface area contributed by atoms with Crippen LogP contribution in [-0.4, -0.2) is 37.9 Å². The van der Waals surface area contributed by atoms with Crippen molar-refractivity contribution in [2.24, 2.45) is 0 Å². The second kappa shape index (κ2) is 11.2. The van der Waals surface area contributed by atoms with Crippen molar-refractivity contribution in [2.75, 3.05) is 31.1 Å². The molecule has 0 radical (unpaired) electrons. The lowest BCUT2D eigenvalue weighted by Gasteiger charge is -2.22. The van der Waals surface area contributed by atoms with E-state index in [9.17, 15) is 9.59 Å². The smallest absolute Gasteiger partial charge is 0.257 e. The third kappa shape index (κ3) is 6.48. The largest absolute Gasteiger partial charge is 0.484 e. The maximum atomic E-state index is 12.5. The Labute approximate surface area is 178 Å². The van der Waals surface area contributed by atoms with Crippen molar-refractivity contribution in [3.63, 3.8) is 0 Å². The number of anilines is 1. The highest BCUT2D eigenvalue weighted by molar-refractivity contribution is 6.07. The van der Waals surface area contributed by atoms with Crippen LogP contribution in [0.4, 0.5) is 5.69 Å². The summed E-state index contributed by atoms with van der Waals surface area (Å²) in [7, 11) is 0. The van der Waals surface area contributed by atoms with E-state index >= 15 is 0 Å². The van der Waals surface area contributed by atoms with Crippen molar-refractivity contribution in [2.45, 2.75) is 32.6 Å². The molecule has 30 heavy (non-hydrogen) atoms. The molecule has 2 aromatic rings. The van der Waals surface area contributed by atoms with Crippen LogP contribution in [0.1, 0.15) is 48.5 Å². The second-order valence-corrected chi connectivity index (χ2v) is 7.46. The second-order valence-electron chi connectivity index (χ2n) is 7.46. The molecule has 5 heteroatoms. The summed E-state index contributed by atoms with van der Waals surface area (Å²) >= 11 is 0. The average Bonchev–Trinajstić information content (AvgIpc) is 3.07. The number of nitrogens with one attached hydrogen (secondary N) is 1. The standard InChI is InChI=1S/C25H30N2O3/c1-2-26-25(29)19-30-23-14-7-20(8-15-23)9-16-24(28)21-10-12-22(13-11-21)27-17-5-3-4-6-18-27/h7-16H,2-6,17-19H2,1H3,(H,26,29)/b16-9+. The molecule has 1 N–H and O–H groups in total. The van der Waals surface area contributed by atoms with Gasteiger partial charge in [-0.1, -0.05) is 31.1 Å². The fraction of sp³-hybridized carbons (Fsp3) is 0.360. The number of carbonyl (C=O) groups is 2. The van der Waals surface area contributed by atoms with Crippen molar-refractivity contribution in [1.29, 1.82) is 0 Å². The molecule has 3 rings (SSSR count). The van der Waals surface area contributed by atoms with Crippen LogP contribution < -0.4 is 15.0 Å². The minimum Gasteiger partial charge on any atom is -0.484 e. The first-order valence-corrected chi connectivity index (χ1v) is 10.7. The molecule has 2 aromatic carbocycles. The molecule has 1 aliphatic heterocycles. The van der Waals surface area contributed by atoms with Gasteiger partial charge in [-0.25, -0.2) is 0 Å². The zero-order chi connectivity index (χ0) is 21.2. The molecule has 0 spiro atoms. The summed E-state index contributed by atoms with van der Waals surface area (Å²) in [6.07, 6.45) is 8.46. The quantitative estimate of drug-likeness (QED) is 0.519. The van der Waals surface area contributed by atoms with Gasteiger partial charge in [-0.15, -0.1) is 0 Å². The highest BCUT2D eigenvalue weighted by Crippen LogP contribution is 2.20. The number of likely N-dealkylation sites (N-methyl/N-ethyl adjacent to an activating group) is 1. The lowest BCUT2D eigenvalue weighted by atomic mass is 10.1. The number of allylic oxidation sites excluding steroid dienone is 1. The number of ether oxygens (including phenoxy) is 1. The summed E-state index contributed by atoms with van der Waals surface area (Å²) < 4.78 is 5.43. The van der Waals surface area contributed by atoms with Gasteiger partial charge in [-0.05, 0) is 67.8 Å². The van der Waals surface area contributed by atoms with E-state index in [1.807, 2.05) is 43.3 Å². The molecule has 1 fully saturated rings.